The molecule has 2 amide bonds. The van der Waals surface area contributed by atoms with Gasteiger partial charge in [0.15, 0.2) is 5.17 Å². The number of thioether (sulfide) groups is 1. The van der Waals surface area contributed by atoms with Crippen LogP contribution in [0.5, 0.6) is 5.75 Å². The monoisotopic (exact) mass is 536 g/mol. The van der Waals surface area contributed by atoms with E-state index in [4.69, 9.17) is 20.8 Å². The second-order valence-corrected chi connectivity index (χ2v) is 9.50. The van der Waals surface area contributed by atoms with Crippen molar-refractivity contribution in [3.05, 3.63) is 84.1 Å². The molecule has 190 valence electrons. The fourth-order valence-corrected chi connectivity index (χ4v) is 4.84. The molecule has 0 saturated carbocycles. The largest absolute Gasteiger partial charge is 0.494 e. The number of anilines is 1. The van der Waals surface area contributed by atoms with Crippen molar-refractivity contribution in [2.75, 3.05) is 18.5 Å². The number of carbonyl (C=O) groups excluding carboxylic acids is 2. The van der Waals surface area contributed by atoms with E-state index in [0.717, 1.165) is 11.3 Å². The van der Waals surface area contributed by atoms with Crippen LogP contribution in [0.25, 0.3) is 11.3 Å². The zero-order valence-electron chi connectivity index (χ0n) is 20.1. The highest BCUT2D eigenvalue weighted by molar-refractivity contribution is 8.15. The molecule has 1 aliphatic heterocycles. The van der Waals surface area contributed by atoms with Crippen molar-refractivity contribution in [1.29, 1.82) is 0 Å². The van der Waals surface area contributed by atoms with Gasteiger partial charge in [-0.05, 0) is 55.5 Å². The average Bonchev–Trinajstić information content (AvgIpc) is 3.46. The van der Waals surface area contributed by atoms with E-state index in [2.05, 4.69) is 22.1 Å². The van der Waals surface area contributed by atoms with Crippen LogP contribution in [0.1, 0.15) is 19.1 Å². The molecule has 0 radical (unpaired) electrons. The van der Waals surface area contributed by atoms with Crippen LogP contribution in [0, 0.1) is 0 Å². The van der Waals surface area contributed by atoms with E-state index in [1.165, 1.54) is 22.9 Å². The van der Waals surface area contributed by atoms with Crippen LogP contribution in [0.4, 0.5) is 5.69 Å². The SMILES string of the molecule is C=CCN1C(=O)C(CC(=O)Nc2ccc(OCC)cc2)S/C1=N\N=C\c1ccc(-c2cccc(Cl)c2)o1. The fourth-order valence-electron chi connectivity index (χ4n) is 3.55. The summed E-state index contributed by atoms with van der Waals surface area (Å²) in [6, 6.07) is 18.0. The maximum atomic E-state index is 12.9. The number of rotatable bonds is 10. The minimum absolute atomic E-state index is 0.00569. The number of hydrogen-bond acceptors (Lipinski definition) is 7. The van der Waals surface area contributed by atoms with Gasteiger partial charge in [-0.2, -0.15) is 5.10 Å². The van der Waals surface area contributed by atoms with Crippen molar-refractivity contribution in [1.82, 2.24) is 4.90 Å². The van der Waals surface area contributed by atoms with Crippen molar-refractivity contribution in [3.8, 4) is 17.1 Å². The van der Waals surface area contributed by atoms with Gasteiger partial charge in [0.25, 0.3) is 0 Å². The van der Waals surface area contributed by atoms with Gasteiger partial charge in [0, 0.05) is 29.2 Å². The zero-order chi connectivity index (χ0) is 26.2. The van der Waals surface area contributed by atoms with Crippen LogP contribution in [0.15, 0.2) is 87.9 Å². The number of carbonyl (C=O) groups is 2. The molecule has 1 saturated heterocycles. The topological polar surface area (TPSA) is 96.5 Å². The molecule has 0 spiro atoms. The predicted octanol–water partition coefficient (Wildman–Crippen LogP) is 5.85. The lowest BCUT2D eigenvalue weighted by molar-refractivity contribution is -0.127. The van der Waals surface area contributed by atoms with Crippen LogP contribution in [-0.2, 0) is 9.59 Å². The Balaban J connectivity index is 1.40. The molecule has 2 aromatic carbocycles. The van der Waals surface area contributed by atoms with Crippen molar-refractivity contribution in [2.45, 2.75) is 18.6 Å². The summed E-state index contributed by atoms with van der Waals surface area (Å²) in [6.45, 7) is 6.44. The first kappa shape index (κ1) is 26.2. The maximum absolute atomic E-state index is 12.9. The van der Waals surface area contributed by atoms with E-state index in [0.29, 0.717) is 34.0 Å². The number of nitrogens with zero attached hydrogens (tertiary/aromatic N) is 3. The minimum atomic E-state index is -0.616. The molecule has 1 N–H and O–H groups in total. The molecule has 1 unspecified atom stereocenters. The molecule has 10 heteroatoms. The molecule has 1 fully saturated rings. The standard InChI is InChI=1S/C27H25ClN4O4S/c1-3-14-32-26(34)24(16-25(33)30-20-8-10-21(11-9-20)35-4-2)37-27(32)31-29-17-22-12-13-23(36-22)18-6-5-7-19(28)15-18/h3,5-13,15,17,24H,1,4,14,16H2,2H3,(H,30,33)/b29-17+,31-27-. The second-order valence-electron chi connectivity index (χ2n) is 7.89. The molecule has 4 rings (SSSR count). The highest BCUT2D eigenvalue weighted by atomic mass is 35.5. The predicted molar refractivity (Wildman–Crippen MR) is 148 cm³/mol. The molecule has 0 bridgehead atoms. The lowest BCUT2D eigenvalue weighted by Gasteiger charge is -2.13. The Morgan fingerprint density at radius 1 is 1.24 bits per heavy atom. The van der Waals surface area contributed by atoms with Crippen molar-refractivity contribution < 1.29 is 18.7 Å². The lowest BCUT2D eigenvalue weighted by Crippen LogP contribution is -2.33. The zero-order valence-corrected chi connectivity index (χ0v) is 21.7. The molecule has 1 aliphatic rings. The third kappa shape index (κ3) is 6.90. The van der Waals surface area contributed by atoms with Gasteiger partial charge in [-0.1, -0.05) is 41.6 Å². The van der Waals surface area contributed by atoms with Crippen LogP contribution in [-0.4, -0.2) is 46.5 Å². The summed E-state index contributed by atoms with van der Waals surface area (Å²) in [5, 5.41) is 11.5. The number of amidine groups is 1. The summed E-state index contributed by atoms with van der Waals surface area (Å²) < 4.78 is 11.2. The van der Waals surface area contributed by atoms with Crippen molar-refractivity contribution in [2.24, 2.45) is 10.2 Å². The molecular weight excluding hydrogens is 512 g/mol. The van der Waals surface area contributed by atoms with E-state index < -0.39 is 5.25 Å². The van der Waals surface area contributed by atoms with Crippen molar-refractivity contribution >= 4 is 52.2 Å². The van der Waals surface area contributed by atoms with Crippen LogP contribution < -0.4 is 10.1 Å². The van der Waals surface area contributed by atoms with Gasteiger partial charge in [-0.25, -0.2) is 0 Å². The van der Waals surface area contributed by atoms with E-state index in [9.17, 15) is 9.59 Å². The van der Waals surface area contributed by atoms with Gasteiger partial charge in [-0.3, -0.25) is 14.5 Å². The van der Waals surface area contributed by atoms with E-state index in [1.54, 1.807) is 42.5 Å². The van der Waals surface area contributed by atoms with E-state index in [1.807, 2.05) is 31.2 Å². The Morgan fingerprint density at radius 2 is 2.05 bits per heavy atom. The number of ether oxygens (including phenoxy) is 1. The van der Waals surface area contributed by atoms with Gasteiger partial charge in [0.05, 0.1) is 12.8 Å². The highest BCUT2D eigenvalue weighted by Crippen LogP contribution is 2.30. The Labute approximate surface area is 224 Å². The summed E-state index contributed by atoms with van der Waals surface area (Å²) >= 11 is 7.24. The molecule has 0 aliphatic carbocycles. The summed E-state index contributed by atoms with van der Waals surface area (Å²) in [6.07, 6.45) is 3.06. The number of halogens is 1. The maximum Gasteiger partial charge on any atom is 0.243 e. The van der Waals surface area contributed by atoms with Gasteiger partial charge in [0.1, 0.15) is 22.5 Å². The van der Waals surface area contributed by atoms with Gasteiger partial charge >= 0.3 is 0 Å². The normalized spacial score (nSPS) is 16.5. The van der Waals surface area contributed by atoms with Crippen LogP contribution >= 0.6 is 23.4 Å². The third-order valence-corrected chi connectivity index (χ3v) is 6.62. The average molecular weight is 537 g/mol. The Morgan fingerprint density at radius 3 is 2.78 bits per heavy atom. The Bertz CT molecular complexity index is 1340. The smallest absolute Gasteiger partial charge is 0.243 e. The first-order chi connectivity index (χ1) is 18.0. The quantitative estimate of drug-likeness (QED) is 0.199. The molecule has 37 heavy (non-hydrogen) atoms. The lowest BCUT2D eigenvalue weighted by atomic mass is 10.2. The van der Waals surface area contributed by atoms with Crippen molar-refractivity contribution in [3.63, 3.8) is 0 Å². The molecule has 1 atom stereocenters. The first-order valence-corrected chi connectivity index (χ1v) is 12.8. The van der Waals surface area contributed by atoms with Crippen LogP contribution in [0.2, 0.25) is 5.02 Å². The summed E-state index contributed by atoms with van der Waals surface area (Å²) in [4.78, 5) is 27.0. The number of amides is 2. The fraction of sp³-hybridized carbons (Fsp3) is 0.185. The summed E-state index contributed by atoms with van der Waals surface area (Å²) in [5.41, 5.74) is 1.47. The number of nitrogens with one attached hydrogen (secondary N) is 1. The molecule has 1 aromatic heterocycles. The van der Waals surface area contributed by atoms with Gasteiger partial charge < -0.3 is 14.5 Å². The number of furan rings is 1. The second kappa shape index (κ2) is 12.4. The molecule has 8 nitrogen and oxygen atoms in total. The highest BCUT2D eigenvalue weighted by Gasteiger charge is 2.38. The van der Waals surface area contributed by atoms with E-state index >= 15 is 0 Å². The summed E-state index contributed by atoms with van der Waals surface area (Å²) in [7, 11) is 0. The molecule has 3 aromatic rings. The van der Waals surface area contributed by atoms with E-state index in [-0.39, 0.29) is 24.8 Å². The van der Waals surface area contributed by atoms with Gasteiger partial charge in [0.2, 0.25) is 11.8 Å². The molecular formula is C27H25ClN4O4S. The Hall–Kier alpha value is -3.82. The van der Waals surface area contributed by atoms with Gasteiger partial charge in [-0.15, -0.1) is 11.7 Å². The molecule has 2 heterocycles. The Kier molecular flexibility index (Phi) is 8.81. The third-order valence-electron chi connectivity index (χ3n) is 5.22. The van der Waals surface area contributed by atoms with Crippen LogP contribution in [0.3, 0.4) is 0 Å². The number of benzene rings is 2. The minimum Gasteiger partial charge on any atom is -0.494 e. The first-order valence-electron chi connectivity index (χ1n) is 11.5. The number of hydrogen-bond donors (Lipinski definition) is 1. The summed E-state index contributed by atoms with van der Waals surface area (Å²) in [5.74, 6) is 1.37.